The van der Waals surface area contributed by atoms with Crippen molar-refractivity contribution < 1.29 is 13.5 Å². The first-order valence-corrected chi connectivity index (χ1v) is 6.34. The molecule has 0 saturated carbocycles. The van der Waals surface area contributed by atoms with Gasteiger partial charge < -0.3 is 4.74 Å². The van der Waals surface area contributed by atoms with E-state index in [-0.39, 0.29) is 11.6 Å². The molecule has 0 N–H and O–H groups in total. The standard InChI is InChI=1S/C16H14F2O/c1-19-12-5-6-15(17)14(9-12)11-7-10-3-2-4-13(10)16(18)8-11/h5-9H,2-4H2,1H3. The molecule has 19 heavy (non-hydrogen) atoms. The van der Waals surface area contributed by atoms with Crippen LogP contribution in [-0.2, 0) is 12.8 Å². The molecule has 0 fully saturated rings. The van der Waals surface area contributed by atoms with Crippen LogP contribution in [0.4, 0.5) is 8.78 Å². The summed E-state index contributed by atoms with van der Waals surface area (Å²) in [6, 6.07) is 7.82. The topological polar surface area (TPSA) is 9.23 Å². The highest BCUT2D eigenvalue weighted by Crippen LogP contribution is 2.33. The highest BCUT2D eigenvalue weighted by atomic mass is 19.1. The SMILES string of the molecule is COc1ccc(F)c(-c2cc(F)c3c(c2)CCC3)c1. The average molecular weight is 260 g/mol. The fourth-order valence-electron chi connectivity index (χ4n) is 2.66. The predicted octanol–water partition coefficient (Wildman–Crippen LogP) is 4.13. The highest BCUT2D eigenvalue weighted by Gasteiger charge is 2.18. The summed E-state index contributed by atoms with van der Waals surface area (Å²) < 4.78 is 33.0. The van der Waals surface area contributed by atoms with Crippen molar-refractivity contribution in [3.8, 4) is 16.9 Å². The zero-order valence-electron chi connectivity index (χ0n) is 10.7. The Morgan fingerprint density at radius 2 is 1.84 bits per heavy atom. The van der Waals surface area contributed by atoms with E-state index >= 15 is 0 Å². The molecular weight excluding hydrogens is 246 g/mol. The number of methoxy groups -OCH3 is 1. The van der Waals surface area contributed by atoms with Crippen molar-refractivity contribution in [1.29, 1.82) is 0 Å². The summed E-state index contributed by atoms with van der Waals surface area (Å²) in [6.45, 7) is 0. The summed E-state index contributed by atoms with van der Waals surface area (Å²) >= 11 is 0. The van der Waals surface area contributed by atoms with Crippen LogP contribution in [0.5, 0.6) is 5.75 Å². The van der Waals surface area contributed by atoms with Crippen molar-refractivity contribution in [1.82, 2.24) is 0 Å². The first-order valence-electron chi connectivity index (χ1n) is 6.34. The lowest BCUT2D eigenvalue weighted by Gasteiger charge is -2.09. The third-order valence-corrected chi connectivity index (χ3v) is 3.65. The molecule has 1 nitrogen and oxygen atoms in total. The number of hydrogen-bond acceptors (Lipinski definition) is 1. The molecule has 0 radical (unpaired) electrons. The number of aryl methyl sites for hydroxylation is 1. The molecule has 0 bridgehead atoms. The number of halogens is 2. The molecule has 0 heterocycles. The lowest BCUT2D eigenvalue weighted by Crippen LogP contribution is -1.93. The van der Waals surface area contributed by atoms with Crippen LogP contribution in [0.15, 0.2) is 30.3 Å². The third-order valence-electron chi connectivity index (χ3n) is 3.65. The first kappa shape index (κ1) is 12.2. The Hall–Kier alpha value is -1.90. The molecule has 0 atom stereocenters. The molecule has 0 saturated heterocycles. The van der Waals surface area contributed by atoms with Gasteiger partial charge in [-0.15, -0.1) is 0 Å². The van der Waals surface area contributed by atoms with Crippen LogP contribution in [-0.4, -0.2) is 7.11 Å². The van der Waals surface area contributed by atoms with Gasteiger partial charge in [0.15, 0.2) is 0 Å². The largest absolute Gasteiger partial charge is 0.497 e. The molecule has 3 rings (SSSR count). The molecule has 2 aromatic carbocycles. The van der Waals surface area contributed by atoms with Crippen molar-refractivity contribution in [2.45, 2.75) is 19.3 Å². The Kier molecular flexibility index (Phi) is 2.97. The molecule has 2 aromatic rings. The number of ether oxygens (including phenoxy) is 1. The molecule has 1 aliphatic rings. The zero-order valence-corrected chi connectivity index (χ0v) is 10.7. The van der Waals surface area contributed by atoms with Gasteiger partial charge in [0.05, 0.1) is 7.11 Å². The van der Waals surface area contributed by atoms with Crippen LogP contribution in [0.3, 0.4) is 0 Å². The minimum Gasteiger partial charge on any atom is -0.497 e. The van der Waals surface area contributed by atoms with Crippen molar-refractivity contribution in [3.05, 3.63) is 53.1 Å². The minimum absolute atomic E-state index is 0.229. The van der Waals surface area contributed by atoms with Gasteiger partial charge in [0.2, 0.25) is 0 Å². The van der Waals surface area contributed by atoms with Gasteiger partial charge >= 0.3 is 0 Å². The van der Waals surface area contributed by atoms with E-state index in [4.69, 9.17) is 4.74 Å². The Labute approximate surface area is 110 Å². The van der Waals surface area contributed by atoms with Gasteiger partial charge in [-0.1, -0.05) is 6.07 Å². The third kappa shape index (κ3) is 2.09. The van der Waals surface area contributed by atoms with E-state index in [1.54, 1.807) is 12.1 Å². The first-order chi connectivity index (χ1) is 9.19. The second kappa shape index (κ2) is 4.65. The van der Waals surface area contributed by atoms with E-state index in [0.717, 1.165) is 30.4 Å². The van der Waals surface area contributed by atoms with Crippen molar-refractivity contribution >= 4 is 0 Å². The molecule has 98 valence electrons. The molecule has 0 unspecified atom stereocenters. The number of fused-ring (bicyclic) bond motifs is 1. The van der Waals surface area contributed by atoms with Gasteiger partial charge in [0.25, 0.3) is 0 Å². The van der Waals surface area contributed by atoms with Gasteiger partial charge in [-0.3, -0.25) is 0 Å². The average Bonchev–Trinajstić information content (AvgIpc) is 2.88. The molecule has 0 aliphatic heterocycles. The lowest BCUT2D eigenvalue weighted by molar-refractivity contribution is 0.414. The van der Waals surface area contributed by atoms with Crippen molar-refractivity contribution in [2.75, 3.05) is 7.11 Å². The van der Waals surface area contributed by atoms with Gasteiger partial charge in [-0.2, -0.15) is 0 Å². The van der Waals surface area contributed by atoms with Crippen molar-refractivity contribution in [3.63, 3.8) is 0 Å². The maximum absolute atomic E-state index is 14.0. The van der Waals surface area contributed by atoms with E-state index in [9.17, 15) is 8.78 Å². The quantitative estimate of drug-likeness (QED) is 0.789. The van der Waals surface area contributed by atoms with E-state index in [1.165, 1.54) is 19.2 Å². The molecule has 0 aromatic heterocycles. The van der Waals surface area contributed by atoms with Gasteiger partial charge in [0.1, 0.15) is 17.4 Å². The summed E-state index contributed by atoms with van der Waals surface area (Å²) in [5, 5.41) is 0. The highest BCUT2D eigenvalue weighted by molar-refractivity contribution is 5.67. The van der Waals surface area contributed by atoms with Crippen LogP contribution in [0.2, 0.25) is 0 Å². The zero-order chi connectivity index (χ0) is 13.4. The fourth-order valence-corrected chi connectivity index (χ4v) is 2.66. The van der Waals surface area contributed by atoms with Gasteiger partial charge in [0, 0.05) is 5.56 Å². The Bertz CT molecular complexity index is 635. The maximum Gasteiger partial charge on any atom is 0.131 e. The maximum atomic E-state index is 14.0. The van der Waals surface area contributed by atoms with Crippen LogP contribution < -0.4 is 4.74 Å². The van der Waals surface area contributed by atoms with E-state index in [1.807, 2.05) is 6.07 Å². The van der Waals surface area contributed by atoms with Gasteiger partial charge in [-0.25, -0.2) is 8.78 Å². The van der Waals surface area contributed by atoms with Crippen LogP contribution >= 0.6 is 0 Å². The van der Waals surface area contributed by atoms with Crippen molar-refractivity contribution in [2.24, 2.45) is 0 Å². The predicted molar refractivity (Wildman–Crippen MR) is 70.4 cm³/mol. The number of benzene rings is 2. The minimum atomic E-state index is -0.363. The number of hydrogen-bond donors (Lipinski definition) is 0. The molecular formula is C16H14F2O. The summed E-state index contributed by atoms with van der Waals surface area (Å²) in [7, 11) is 1.53. The smallest absolute Gasteiger partial charge is 0.131 e. The number of rotatable bonds is 2. The molecule has 0 amide bonds. The summed E-state index contributed by atoms with van der Waals surface area (Å²) in [5.74, 6) is -0.0253. The second-order valence-corrected chi connectivity index (χ2v) is 4.80. The molecule has 3 heteroatoms. The monoisotopic (exact) mass is 260 g/mol. The Morgan fingerprint density at radius 1 is 1.00 bits per heavy atom. The second-order valence-electron chi connectivity index (χ2n) is 4.80. The summed E-state index contributed by atoms with van der Waals surface area (Å²) in [4.78, 5) is 0. The lowest BCUT2D eigenvalue weighted by atomic mass is 9.99. The normalized spacial score (nSPS) is 13.4. The van der Waals surface area contributed by atoms with Crippen LogP contribution in [0, 0.1) is 11.6 Å². The summed E-state index contributed by atoms with van der Waals surface area (Å²) in [6.07, 6.45) is 2.62. The fraction of sp³-hybridized carbons (Fsp3) is 0.250. The summed E-state index contributed by atoms with van der Waals surface area (Å²) in [5.41, 5.74) is 2.74. The molecule has 0 spiro atoms. The van der Waals surface area contributed by atoms with E-state index < -0.39 is 0 Å². The van der Waals surface area contributed by atoms with Crippen LogP contribution in [0.25, 0.3) is 11.1 Å². The molecule has 1 aliphatic carbocycles. The van der Waals surface area contributed by atoms with Crippen LogP contribution in [0.1, 0.15) is 17.5 Å². The van der Waals surface area contributed by atoms with E-state index in [0.29, 0.717) is 16.9 Å². The Balaban J connectivity index is 2.14. The van der Waals surface area contributed by atoms with Gasteiger partial charge in [-0.05, 0) is 60.2 Å². The Morgan fingerprint density at radius 3 is 2.63 bits per heavy atom. The van der Waals surface area contributed by atoms with E-state index in [2.05, 4.69) is 0 Å².